The van der Waals surface area contributed by atoms with Gasteiger partial charge in [-0.3, -0.25) is 0 Å². The predicted octanol–water partition coefficient (Wildman–Crippen LogP) is 14.2. The summed E-state index contributed by atoms with van der Waals surface area (Å²) in [4.78, 5) is 0. The van der Waals surface area contributed by atoms with Crippen molar-refractivity contribution in [3.63, 3.8) is 0 Å². The minimum absolute atomic E-state index is 0.155. The number of rotatable bonds is 4. The van der Waals surface area contributed by atoms with Gasteiger partial charge in [0.05, 0.1) is 22.1 Å². The number of fused-ring (bicyclic) bond motifs is 8. The zero-order chi connectivity index (χ0) is 37.8. The van der Waals surface area contributed by atoms with Crippen LogP contribution in [0.25, 0.3) is 77.2 Å². The standard InChI is InChI=1S/C54H42N2/c1-53(2)45-31-25-38(36-23-29-40(30-24-36)56-51-19-11-7-15-43(51)44-16-8-12-20-52(44)56)34-48(45)54(3,4)46-32-26-37(33-47(46)53)35-21-27-39(28-22-35)55-49-17-9-5-13-41(49)42-14-6-10-18-50(42)55/h5-34H,1-4H3. The van der Waals surface area contributed by atoms with Crippen LogP contribution in [0.5, 0.6) is 0 Å². The van der Waals surface area contributed by atoms with E-state index in [4.69, 9.17) is 0 Å². The molecule has 1 aliphatic rings. The third kappa shape index (κ3) is 4.69. The highest BCUT2D eigenvalue weighted by atomic mass is 15.0. The molecule has 2 nitrogen and oxygen atoms in total. The van der Waals surface area contributed by atoms with E-state index in [-0.39, 0.29) is 10.8 Å². The lowest BCUT2D eigenvalue weighted by atomic mass is 9.59. The Kier molecular flexibility index (Phi) is 6.98. The zero-order valence-corrected chi connectivity index (χ0v) is 32.2. The number of hydrogen-bond donors (Lipinski definition) is 0. The van der Waals surface area contributed by atoms with Gasteiger partial charge in [-0.2, -0.15) is 0 Å². The predicted molar refractivity (Wildman–Crippen MR) is 237 cm³/mol. The van der Waals surface area contributed by atoms with E-state index in [2.05, 4.69) is 219 Å². The van der Waals surface area contributed by atoms with E-state index < -0.39 is 0 Å². The highest BCUT2D eigenvalue weighted by Crippen LogP contribution is 2.51. The largest absolute Gasteiger partial charge is 0.309 e. The van der Waals surface area contributed by atoms with Gasteiger partial charge in [0, 0.05) is 43.7 Å². The molecule has 0 saturated carbocycles. The van der Waals surface area contributed by atoms with Crippen molar-refractivity contribution in [1.82, 2.24) is 9.13 Å². The maximum absolute atomic E-state index is 2.46. The normalized spacial score (nSPS) is 14.4. The molecule has 1 aliphatic carbocycles. The smallest absolute Gasteiger partial charge is 0.0541 e. The molecular weight excluding hydrogens is 677 g/mol. The van der Waals surface area contributed by atoms with Crippen molar-refractivity contribution in [2.45, 2.75) is 38.5 Å². The highest BCUT2D eigenvalue weighted by Gasteiger charge is 2.41. The first-order valence-corrected chi connectivity index (χ1v) is 19.8. The van der Waals surface area contributed by atoms with E-state index in [1.54, 1.807) is 0 Å². The van der Waals surface area contributed by atoms with Crippen LogP contribution in [0.2, 0.25) is 0 Å². The summed E-state index contributed by atoms with van der Waals surface area (Å²) < 4.78 is 4.77. The molecule has 268 valence electrons. The van der Waals surface area contributed by atoms with Crippen LogP contribution in [0.3, 0.4) is 0 Å². The Balaban J connectivity index is 0.936. The average molecular weight is 719 g/mol. The Bertz CT molecular complexity index is 2840. The number of hydrogen-bond acceptors (Lipinski definition) is 0. The van der Waals surface area contributed by atoms with Crippen molar-refractivity contribution in [2.75, 3.05) is 0 Å². The Morgan fingerprint density at radius 1 is 0.286 bits per heavy atom. The molecule has 2 heterocycles. The van der Waals surface area contributed by atoms with Gasteiger partial charge in [-0.25, -0.2) is 0 Å². The van der Waals surface area contributed by atoms with Crippen LogP contribution in [-0.2, 0) is 10.8 Å². The second kappa shape index (κ2) is 11.9. The van der Waals surface area contributed by atoms with Gasteiger partial charge in [0.25, 0.3) is 0 Å². The molecule has 0 aliphatic heterocycles. The summed E-state index contributed by atoms with van der Waals surface area (Å²) >= 11 is 0. The van der Waals surface area contributed by atoms with Crippen molar-refractivity contribution < 1.29 is 0 Å². The van der Waals surface area contributed by atoms with Crippen molar-refractivity contribution in [3.05, 3.63) is 204 Å². The van der Waals surface area contributed by atoms with Crippen molar-refractivity contribution in [3.8, 4) is 33.6 Å². The fourth-order valence-corrected chi connectivity index (χ4v) is 9.87. The summed E-state index contributed by atoms with van der Waals surface area (Å²) in [5.41, 5.74) is 17.6. The van der Waals surface area contributed by atoms with Gasteiger partial charge in [-0.05, 0) is 105 Å². The van der Waals surface area contributed by atoms with Crippen LogP contribution >= 0.6 is 0 Å². The molecule has 0 N–H and O–H groups in total. The van der Waals surface area contributed by atoms with Crippen molar-refractivity contribution >= 4 is 43.6 Å². The lowest BCUT2D eigenvalue weighted by Gasteiger charge is -2.44. The van der Waals surface area contributed by atoms with E-state index in [0.29, 0.717) is 0 Å². The molecule has 0 amide bonds. The molecule has 10 aromatic rings. The van der Waals surface area contributed by atoms with Crippen LogP contribution in [0.1, 0.15) is 49.9 Å². The fourth-order valence-electron chi connectivity index (χ4n) is 9.87. The molecule has 11 rings (SSSR count). The van der Waals surface area contributed by atoms with E-state index >= 15 is 0 Å². The maximum Gasteiger partial charge on any atom is 0.0541 e. The van der Waals surface area contributed by atoms with Gasteiger partial charge in [-0.15, -0.1) is 0 Å². The monoisotopic (exact) mass is 718 g/mol. The zero-order valence-electron chi connectivity index (χ0n) is 32.2. The third-order valence-electron chi connectivity index (χ3n) is 12.8. The fraction of sp³-hybridized carbons (Fsp3) is 0.111. The van der Waals surface area contributed by atoms with E-state index in [9.17, 15) is 0 Å². The topological polar surface area (TPSA) is 9.86 Å². The molecule has 0 saturated heterocycles. The molecule has 0 fully saturated rings. The van der Waals surface area contributed by atoms with Crippen molar-refractivity contribution in [2.24, 2.45) is 0 Å². The van der Waals surface area contributed by atoms with Gasteiger partial charge < -0.3 is 9.13 Å². The molecule has 2 heteroatoms. The molecule has 0 spiro atoms. The summed E-state index contributed by atoms with van der Waals surface area (Å²) in [6.07, 6.45) is 0. The number of para-hydroxylation sites is 4. The first-order chi connectivity index (χ1) is 27.3. The second-order valence-electron chi connectivity index (χ2n) is 16.6. The summed E-state index contributed by atoms with van der Waals surface area (Å²) in [5.74, 6) is 0. The maximum atomic E-state index is 2.46. The van der Waals surface area contributed by atoms with Gasteiger partial charge in [0.1, 0.15) is 0 Å². The molecule has 8 aromatic carbocycles. The van der Waals surface area contributed by atoms with Gasteiger partial charge in [-0.1, -0.05) is 149 Å². The number of aromatic nitrogens is 2. The van der Waals surface area contributed by atoms with Crippen molar-refractivity contribution in [1.29, 1.82) is 0 Å². The first kappa shape index (κ1) is 32.8. The molecule has 0 unspecified atom stereocenters. The second-order valence-corrected chi connectivity index (χ2v) is 16.6. The lowest BCUT2D eigenvalue weighted by molar-refractivity contribution is 0.521. The first-order valence-electron chi connectivity index (χ1n) is 19.8. The Labute approximate surface area is 327 Å². The lowest BCUT2D eigenvalue weighted by Crippen LogP contribution is -2.36. The molecule has 56 heavy (non-hydrogen) atoms. The van der Waals surface area contributed by atoms with Crippen LogP contribution in [0.4, 0.5) is 0 Å². The SMILES string of the molecule is CC1(C)c2ccc(-c3ccc(-n4c5ccccc5c5ccccc54)cc3)cc2C(C)(C)c2ccc(-c3ccc(-n4c5ccccc5c5ccccc54)cc3)cc21. The molecule has 0 atom stereocenters. The molecular formula is C54H42N2. The molecule has 0 radical (unpaired) electrons. The summed E-state index contributed by atoms with van der Waals surface area (Å²) in [7, 11) is 0. The minimum Gasteiger partial charge on any atom is -0.309 e. The van der Waals surface area contributed by atoms with Crippen LogP contribution in [0, 0.1) is 0 Å². The van der Waals surface area contributed by atoms with E-state index in [0.717, 1.165) is 0 Å². The average Bonchev–Trinajstić information content (AvgIpc) is 3.76. The Morgan fingerprint density at radius 2 is 0.571 bits per heavy atom. The Morgan fingerprint density at radius 3 is 0.893 bits per heavy atom. The summed E-state index contributed by atoms with van der Waals surface area (Å²) in [5, 5.41) is 5.14. The van der Waals surface area contributed by atoms with Crippen LogP contribution < -0.4 is 0 Å². The van der Waals surface area contributed by atoms with E-state index in [1.807, 2.05) is 0 Å². The van der Waals surface area contributed by atoms with Gasteiger partial charge in [0.2, 0.25) is 0 Å². The quantitative estimate of drug-likeness (QED) is 0.171. The Hall–Kier alpha value is -6.64. The molecule has 0 bridgehead atoms. The number of benzene rings is 8. The van der Waals surface area contributed by atoms with Gasteiger partial charge in [0.15, 0.2) is 0 Å². The minimum atomic E-state index is -0.155. The van der Waals surface area contributed by atoms with Crippen LogP contribution in [0.15, 0.2) is 182 Å². The van der Waals surface area contributed by atoms with Crippen LogP contribution in [-0.4, -0.2) is 9.13 Å². The van der Waals surface area contributed by atoms with Gasteiger partial charge >= 0.3 is 0 Å². The third-order valence-corrected chi connectivity index (χ3v) is 12.8. The summed E-state index contributed by atoms with van der Waals surface area (Å²) in [6.45, 7) is 9.59. The van der Waals surface area contributed by atoms with E-state index in [1.165, 1.54) is 99.5 Å². The summed E-state index contributed by atoms with van der Waals surface area (Å²) in [6, 6.07) is 67.4. The highest BCUT2D eigenvalue weighted by molar-refractivity contribution is 6.10. The molecule has 2 aromatic heterocycles. The number of nitrogens with zero attached hydrogens (tertiary/aromatic N) is 2.